The molecule has 0 aliphatic heterocycles. The van der Waals surface area contributed by atoms with Gasteiger partial charge in [-0.2, -0.15) is 5.26 Å². The number of hydrogen-bond donors (Lipinski definition) is 1. The van der Waals surface area contributed by atoms with Gasteiger partial charge in [0.2, 0.25) is 0 Å². The summed E-state index contributed by atoms with van der Waals surface area (Å²) in [5.41, 5.74) is 9.40. The Kier molecular flexibility index (Phi) is 6.66. The Bertz CT molecular complexity index is 1540. The van der Waals surface area contributed by atoms with Gasteiger partial charge in [0.15, 0.2) is 0 Å². The number of carboxylic acid groups (broad SMARTS) is 1. The highest BCUT2D eigenvalue weighted by molar-refractivity contribution is 7.16. The van der Waals surface area contributed by atoms with Gasteiger partial charge in [-0.25, -0.2) is 9.78 Å². The number of methoxy groups -OCH3 is 1. The molecule has 36 heavy (non-hydrogen) atoms. The lowest BCUT2D eigenvalue weighted by atomic mass is 9.72. The number of carbonyl (C=O) groups is 1. The molecule has 1 saturated carbocycles. The van der Waals surface area contributed by atoms with Gasteiger partial charge in [-0.15, -0.1) is 11.3 Å². The van der Waals surface area contributed by atoms with Crippen LogP contribution >= 0.6 is 11.3 Å². The van der Waals surface area contributed by atoms with Gasteiger partial charge >= 0.3 is 5.97 Å². The number of hydrogen-bond acceptors (Lipinski definition) is 5. The first-order chi connectivity index (χ1) is 17.6. The van der Waals surface area contributed by atoms with Gasteiger partial charge in [-0.1, -0.05) is 36.8 Å². The SMILES string of the molecule is COc1ccc(C(=C(c2ccc(C=CC(=O)O)cc2)c2ccc3scnc3c2)C2CCC2)c(C#N)c1. The van der Waals surface area contributed by atoms with E-state index in [4.69, 9.17) is 9.84 Å². The first kappa shape index (κ1) is 23.5. The van der Waals surface area contributed by atoms with Crippen molar-refractivity contribution in [1.82, 2.24) is 4.98 Å². The Morgan fingerprint density at radius 2 is 1.89 bits per heavy atom. The number of thiazole rings is 1. The fraction of sp³-hybridized carbons (Fsp3) is 0.167. The molecule has 5 nitrogen and oxygen atoms in total. The van der Waals surface area contributed by atoms with E-state index >= 15 is 0 Å². The maximum Gasteiger partial charge on any atom is 0.328 e. The summed E-state index contributed by atoms with van der Waals surface area (Å²) in [4.78, 5) is 15.5. The minimum atomic E-state index is -0.980. The smallest absolute Gasteiger partial charge is 0.328 e. The molecule has 1 N–H and O–H groups in total. The van der Waals surface area contributed by atoms with Gasteiger partial charge in [0.05, 0.1) is 34.5 Å². The second-order valence-corrected chi connectivity index (χ2v) is 9.65. The zero-order valence-corrected chi connectivity index (χ0v) is 20.6. The van der Waals surface area contributed by atoms with Crippen LogP contribution in [0.2, 0.25) is 0 Å². The van der Waals surface area contributed by atoms with Crippen LogP contribution in [0.1, 0.15) is 47.1 Å². The number of allylic oxidation sites excluding steroid dienone is 1. The lowest BCUT2D eigenvalue weighted by Gasteiger charge is -2.32. The van der Waals surface area contributed by atoms with Crippen LogP contribution in [0.5, 0.6) is 5.75 Å². The fourth-order valence-electron chi connectivity index (χ4n) is 4.65. The molecular weight excluding hydrogens is 468 g/mol. The Morgan fingerprint density at radius 1 is 1.11 bits per heavy atom. The van der Waals surface area contributed by atoms with Gasteiger partial charge in [-0.3, -0.25) is 0 Å². The Hall–Kier alpha value is -4.21. The molecule has 0 amide bonds. The lowest BCUT2D eigenvalue weighted by molar-refractivity contribution is -0.131. The average Bonchev–Trinajstić information content (AvgIpc) is 3.34. The molecule has 3 aromatic carbocycles. The molecule has 0 unspecified atom stereocenters. The third-order valence-electron chi connectivity index (χ3n) is 6.66. The average molecular weight is 493 g/mol. The summed E-state index contributed by atoms with van der Waals surface area (Å²) in [7, 11) is 1.60. The number of aliphatic carboxylic acids is 1. The van der Waals surface area contributed by atoms with Crippen LogP contribution in [0.3, 0.4) is 0 Å². The normalized spacial score (nSPS) is 14.3. The van der Waals surface area contributed by atoms with Crippen molar-refractivity contribution in [2.45, 2.75) is 19.3 Å². The highest BCUT2D eigenvalue weighted by Crippen LogP contribution is 2.46. The van der Waals surface area contributed by atoms with Gasteiger partial charge in [0.1, 0.15) is 5.75 Å². The molecule has 1 aliphatic rings. The highest BCUT2D eigenvalue weighted by Gasteiger charge is 2.29. The molecule has 178 valence electrons. The van der Waals surface area contributed by atoms with E-state index in [0.29, 0.717) is 17.2 Å². The summed E-state index contributed by atoms with van der Waals surface area (Å²) in [5.74, 6) is 0.00789. The number of fused-ring (bicyclic) bond motifs is 1. The second-order valence-electron chi connectivity index (χ2n) is 8.77. The fourth-order valence-corrected chi connectivity index (χ4v) is 5.31. The number of nitriles is 1. The molecule has 6 heteroatoms. The van der Waals surface area contributed by atoms with Crippen LogP contribution in [-0.4, -0.2) is 23.2 Å². The summed E-state index contributed by atoms with van der Waals surface area (Å²) in [6.45, 7) is 0. The quantitative estimate of drug-likeness (QED) is 0.221. The van der Waals surface area contributed by atoms with E-state index in [0.717, 1.165) is 69.0 Å². The molecule has 1 heterocycles. The number of rotatable bonds is 7. The van der Waals surface area contributed by atoms with Crippen LogP contribution in [-0.2, 0) is 4.79 Å². The second kappa shape index (κ2) is 10.2. The number of carboxylic acids is 1. The van der Waals surface area contributed by atoms with Crippen molar-refractivity contribution in [3.05, 3.63) is 100 Å². The van der Waals surface area contributed by atoms with Gasteiger partial charge in [0.25, 0.3) is 0 Å². The van der Waals surface area contributed by atoms with E-state index in [2.05, 4.69) is 29.3 Å². The lowest BCUT2D eigenvalue weighted by Crippen LogP contribution is -2.16. The maximum absolute atomic E-state index is 10.9. The van der Waals surface area contributed by atoms with E-state index in [9.17, 15) is 10.1 Å². The van der Waals surface area contributed by atoms with E-state index < -0.39 is 5.97 Å². The van der Waals surface area contributed by atoms with E-state index in [1.54, 1.807) is 30.6 Å². The van der Waals surface area contributed by atoms with Crippen molar-refractivity contribution < 1.29 is 14.6 Å². The zero-order chi connectivity index (χ0) is 25.1. The maximum atomic E-state index is 10.9. The molecule has 5 rings (SSSR count). The molecule has 1 aromatic heterocycles. The Labute approximate surface area is 213 Å². The van der Waals surface area contributed by atoms with Crippen molar-refractivity contribution in [2.24, 2.45) is 5.92 Å². The molecule has 1 aliphatic carbocycles. The standard InChI is InChI=1S/C30H24N2O3S/c1-35-24-11-12-25(23(15-24)17-31)30(20-3-2-4-20)29(22-10-13-27-26(16-22)32-18-36-27)21-8-5-19(6-9-21)7-14-28(33)34/h5-16,18,20H,2-4H2,1H3,(H,33,34). The Balaban J connectivity index is 1.77. The molecule has 4 aromatic rings. The van der Waals surface area contributed by atoms with E-state index in [1.165, 1.54) is 0 Å². The zero-order valence-electron chi connectivity index (χ0n) is 19.8. The first-order valence-corrected chi connectivity index (χ1v) is 12.6. The third-order valence-corrected chi connectivity index (χ3v) is 7.47. The predicted molar refractivity (Wildman–Crippen MR) is 144 cm³/mol. The molecule has 0 saturated heterocycles. The number of nitrogens with zero attached hydrogens (tertiary/aromatic N) is 2. The minimum absolute atomic E-state index is 0.332. The van der Waals surface area contributed by atoms with Crippen LogP contribution < -0.4 is 4.74 Å². The first-order valence-electron chi connectivity index (χ1n) is 11.7. The van der Waals surface area contributed by atoms with Crippen LogP contribution in [0, 0.1) is 17.2 Å². The predicted octanol–water partition coefficient (Wildman–Crippen LogP) is 7.03. The van der Waals surface area contributed by atoms with Crippen molar-refractivity contribution in [3.8, 4) is 11.8 Å². The van der Waals surface area contributed by atoms with Gasteiger partial charge in [-0.05, 0) is 88.6 Å². The summed E-state index contributed by atoms with van der Waals surface area (Å²) in [6, 6.07) is 22.3. The van der Waals surface area contributed by atoms with E-state index in [-0.39, 0.29) is 0 Å². The van der Waals surface area contributed by atoms with Crippen molar-refractivity contribution in [2.75, 3.05) is 7.11 Å². The van der Waals surface area contributed by atoms with Crippen molar-refractivity contribution in [1.29, 1.82) is 5.26 Å². The van der Waals surface area contributed by atoms with Crippen LogP contribution in [0.25, 0.3) is 27.4 Å². The topological polar surface area (TPSA) is 83.2 Å². The molecule has 0 spiro atoms. The van der Waals surface area contributed by atoms with E-state index in [1.807, 2.05) is 41.9 Å². The van der Waals surface area contributed by atoms with Crippen molar-refractivity contribution >= 4 is 44.7 Å². The largest absolute Gasteiger partial charge is 0.497 e. The molecular formula is C30H24N2O3S. The monoisotopic (exact) mass is 492 g/mol. The highest BCUT2D eigenvalue weighted by atomic mass is 32.1. The number of benzene rings is 3. The third kappa shape index (κ3) is 4.66. The summed E-state index contributed by atoms with van der Waals surface area (Å²) in [6.07, 6.45) is 6.00. The number of ether oxygens (including phenoxy) is 1. The van der Waals surface area contributed by atoms with Crippen LogP contribution in [0.4, 0.5) is 0 Å². The summed E-state index contributed by atoms with van der Waals surface area (Å²) < 4.78 is 6.52. The van der Waals surface area contributed by atoms with Crippen LogP contribution in [0.15, 0.2) is 72.3 Å². The van der Waals surface area contributed by atoms with Gasteiger partial charge < -0.3 is 9.84 Å². The molecule has 0 radical (unpaired) electrons. The summed E-state index contributed by atoms with van der Waals surface area (Å²) in [5, 5.41) is 19.0. The molecule has 0 bridgehead atoms. The molecule has 1 fully saturated rings. The summed E-state index contributed by atoms with van der Waals surface area (Å²) >= 11 is 1.61. The van der Waals surface area contributed by atoms with Gasteiger partial charge in [0, 0.05) is 6.08 Å². The molecule has 0 atom stereocenters. The van der Waals surface area contributed by atoms with Crippen molar-refractivity contribution in [3.63, 3.8) is 0 Å². The number of aromatic nitrogens is 1. The minimum Gasteiger partial charge on any atom is -0.497 e. The Morgan fingerprint density at radius 3 is 2.56 bits per heavy atom.